The molecule has 0 aromatic heterocycles. The zero-order valence-corrected chi connectivity index (χ0v) is 17.0. The SMILES string of the molecule is O=C(COCc1ccccc1)N1CCc2c(F)cccc2C1c1cc(Cl)ccc1O. The Morgan fingerprint density at radius 1 is 1.10 bits per heavy atom. The Hall–Kier alpha value is -2.89. The summed E-state index contributed by atoms with van der Waals surface area (Å²) in [5, 5.41) is 10.9. The maximum Gasteiger partial charge on any atom is 0.249 e. The van der Waals surface area contributed by atoms with Gasteiger partial charge in [0, 0.05) is 17.1 Å². The number of carbonyl (C=O) groups excluding carboxylic acids is 1. The number of hydrogen-bond acceptors (Lipinski definition) is 3. The number of fused-ring (bicyclic) bond motifs is 1. The molecule has 4 nitrogen and oxygen atoms in total. The summed E-state index contributed by atoms with van der Waals surface area (Å²) in [5.41, 5.74) is 2.64. The van der Waals surface area contributed by atoms with Crippen molar-refractivity contribution in [3.8, 4) is 5.75 Å². The Labute approximate surface area is 179 Å². The monoisotopic (exact) mass is 425 g/mol. The lowest BCUT2D eigenvalue weighted by Crippen LogP contribution is -2.42. The first-order chi connectivity index (χ1) is 14.5. The number of aromatic hydroxyl groups is 1. The van der Waals surface area contributed by atoms with Crippen molar-refractivity contribution >= 4 is 17.5 Å². The molecule has 154 valence electrons. The first-order valence-corrected chi connectivity index (χ1v) is 10.1. The Bertz CT molecular complexity index is 1060. The average molecular weight is 426 g/mol. The van der Waals surface area contributed by atoms with E-state index in [0.29, 0.717) is 41.3 Å². The van der Waals surface area contributed by atoms with Gasteiger partial charge in [-0.1, -0.05) is 54.1 Å². The number of amides is 1. The quantitative estimate of drug-likeness (QED) is 0.634. The molecule has 0 spiro atoms. The molecule has 1 aliphatic rings. The number of halogens is 2. The van der Waals surface area contributed by atoms with Gasteiger partial charge in [0.25, 0.3) is 0 Å². The molecule has 0 saturated heterocycles. The fourth-order valence-corrected chi connectivity index (χ4v) is 4.07. The summed E-state index contributed by atoms with van der Waals surface area (Å²) in [6, 6.07) is 18.4. The molecule has 3 aromatic rings. The van der Waals surface area contributed by atoms with Crippen molar-refractivity contribution in [2.75, 3.05) is 13.2 Å². The number of nitrogens with zero attached hydrogens (tertiary/aromatic N) is 1. The first kappa shape index (κ1) is 20.4. The van der Waals surface area contributed by atoms with Crippen LogP contribution < -0.4 is 0 Å². The van der Waals surface area contributed by atoms with Crippen molar-refractivity contribution in [2.45, 2.75) is 19.1 Å². The first-order valence-electron chi connectivity index (χ1n) is 9.71. The highest BCUT2D eigenvalue weighted by atomic mass is 35.5. The molecular formula is C24H21ClFNO3. The minimum absolute atomic E-state index is 0.00418. The van der Waals surface area contributed by atoms with Crippen LogP contribution in [0.15, 0.2) is 66.7 Å². The maximum atomic E-state index is 14.4. The van der Waals surface area contributed by atoms with E-state index in [-0.39, 0.29) is 24.1 Å². The predicted octanol–water partition coefficient (Wildman–Crippen LogP) is 4.88. The van der Waals surface area contributed by atoms with Crippen molar-refractivity contribution in [2.24, 2.45) is 0 Å². The van der Waals surface area contributed by atoms with E-state index in [0.717, 1.165) is 5.56 Å². The summed E-state index contributed by atoms with van der Waals surface area (Å²) in [6.07, 6.45) is 0.393. The molecule has 3 aromatic carbocycles. The molecule has 0 fully saturated rings. The van der Waals surface area contributed by atoms with Gasteiger partial charge in [-0.15, -0.1) is 0 Å². The molecule has 1 unspecified atom stereocenters. The van der Waals surface area contributed by atoms with Crippen LogP contribution in [0.5, 0.6) is 5.75 Å². The normalized spacial score (nSPS) is 15.7. The number of phenolic OH excluding ortho intramolecular Hbond substituents is 1. The van der Waals surface area contributed by atoms with Crippen LogP contribution in [0.25, 0.3) is 0 Å². The van der Waals surface area contributed by atoms with E-state index < -0.39 is 6.04 Å². The summed E-state index contributed by atoms with van der Waals surface area (Å²) >= 11 is 6.16. The smallest absolute Gasteiger partial charge is 0.249 e. The molecule has 0 saturated carbocycles. The van der Waals surface area contributed by atoms with Gasteiger partial charge in [-0.25, -0.2) is 4.39 Å². The molecule has 0 bridgehead atoms. The standard InChI is InChI=1S/C24H21ClFNO3/c25-17-9-10-22(28)20(13-17)24-19-7-4-8-21(26)18(19)11-12-27(24)23(29)15-30-14-16-5-2-1-3-6-16/h1-10,13,24,28H,11-12,14-15H2. The zero-order valence-electron chi connectivity index (χ0n) is 16.2. The van der Waals surface area contributed by atoms with E-state index in [4.69, 9.17) is 16.3 Å². The molecule has 30 heavy (non-hydrogen) atoms. The van der Waals surface area contributed by atoms with Crippen molar-refractivity contribution in [3.63, 3.8) is 0 Å². The third-order valence-electron chi connectivity index (χ3n) is 5.31. The van der Waals surface area contributed by atoms with Crippen LogP contribution in [0.3, 0.4) is 0 Å². The molecule has 6 heteroatoms. The molecular weight excluding hydrogens is 405 g/mol. The molecule has 1 heterocycles. The number of benzene rings is 3. The predicted molar refractivity (Wildman–Crippen MR) is 113 cm³/mol. The molecule has 1 aliphatic heterocycles. The lowest BCUT2D eigenvalue weighted by atomic mass is 9.87. The summed E-state index contributed by atoms with van der Waals surface area (Å²) < 4.78 is 20.1. The highest BCUT2D eigenvalue weighted by molar-refractivity contribution is 6.30. The highest BCUT2D eigenvalue weighted by Crippen LogP contribution is 2.40. The van der Waals surface area contributed by atoms with E-state index in [9.17, 15) is 14.3 Å². The second kappa shape index (κ2) is 8.86. The van der Waals surface area contributed by atoms with Gasteiger partial charge < -0.3 is 14.7 Å². The van der Waals surface area contributed by atoms with Gasteiger partial charge in [-0.05, 0) is 47.4 Å². The largest absolute Gasteiger partial charge is 0.508 e. The zero-order chi connectivity index (χ0) is 21.1. The van der Waals surface area contributed by atoms with E-state index in [2.05, 4.69) is 0 Å². The fraction of sp³-hybridized carbons (Fsp3) is 0.208. The van der Waals surface area contributed by atoms with Crippen LogP contribution in [-0.4, -0.2) is 29.1 Å². The summed E-state index contributed by atoms with van der Waals surface area (Å²) in [7, 11) is 0. The number of ether oxygens (including phenoxy) is 1. The Morgan fingerprint density at radius 3 is 2.70 bits per heavy atom. The third kappa shape index (κ3) is 4.18. The van der Waals surface area contributed by atoms with Crippen LogP contribution in [0.2, 0.25) is 5.02 Å². The second-order valence-electron chi connectivity index (χ2n) is 7.23. The number of hydrogen-bond donors (Lipinski definition) is 1. The van der Waals surface area contributed by atoms with Gasteiger partial charge in [-0.3, -0.25) is 4.79 Å². The number of rotatable bonds is 5. The lowest BCUT2D eigenvalue weighted by Gasteiger charge is -2.38. The lowest BCUT2D eigenvalue weighted by molar-refractivity contribution is -0.138. The van der Waals surface area contributed by atoms with Gasteiger partial charge >= 0.3 is 0 Å². The van der Waals surface area contributed by atoms with Crippen molar-refractivity contribution in [1.29, 1.82) is 0 Å². The Kier molecular flexibility index (Phi) is 6.02. The van der Waals surface area contributed by atoms with Crippen molar-refractivity contribution < 1.29 is 19.0 Å². The van der Waals surface area contributed by atoms with E-state index >= 15 is 0 Å². The van der Waals surface area contributed by atoms with E-state index in [1.165, 1.54) is 12.1 Å². The van der Waals surface area contributed by atoms with E-state index in [1.807, 2.05) is 30.3 Å². The highest BCUT2D eigenvalue weighted by Gasteiger charge is 2.34. The average Bonchev–Trinajstić information content (AvgIpc) is 2.76. The molecule has 0 radical (unpaired) electrons. The minimum atomic E-state index is -0.643. The van der Waals surface area contributed by atoms with Crippen LogP contribution in [0.1, 0.15) is 28.3 Å². The fourth-order valence-electron chi connectivity index (χ4n) is 3.89. The van der Waals surface area contributed by atoms with Gasteiger partial charge in [0.1, 0.15) is 18.2 Å². The molecule has 1 amide bonds. The molecule has 0 aliphatic carbocycles. The van der Waals surface area contributed by atoms with Crippen LogP contribution >= 0.6 is 11.6 Å². The second-order valence-corrected chi connectivity index (χ2v) is 7.67. The topological polar surface area (TPSA) is 49.8 Å². The molecule has 1 N–H and O–H groups in total. The summed E-state index contributed by atoms with van der Waals surface area (Å²) in [4.78, 5) is 14.7. The van der Waals surface area contributed by atoms with Crippen LogP contribution in [0, 0.1) is 5.82 Å². The number of phenols is 1. The van der Waals surface area contributed by atoms with Gasteiger partial charge in [0.2, 0.25) is 5.91 Å². The maximum absolute atomic E-state index is 14.4. The molecule has 1 atom stereocenters. The summed E-state index contributed by atoms with van der Waals surface area (Å²) in [6.45, 7) is 0.522. The Morgan fingerprint density at radius 2 is 1.90 bits per heavy atom. The molecule has 4 rings (SSSR count). The van der Waals surface area contributed by atoms with Crippen molar-refractivity contribution in [3.05, 3.63) is 99.8 Å². The summed E-state index contributed by atoms with van der Waals surface area (Å²) in [5.74, 6) is -0.541. The van der Waals surface area contributed by atoms with Gasteiger partial charge in [0.05, 0.1) is 12.6 Å². The van der Waals surface area contributed by atoms with Crippen LogP contribution in [0.4, 0.5) is 4.39 Å². The van der Waals surface area contributed by atoms with E-state index in [1.54, 1.807) is 29.2 Å². The van der Waals surface area contributed by atoms with Gasteiger partial charge in [-0.2, -0.15) is 0 Å². The minimum Gasteiger partial charge on any atom is -0.508 e. The van der Waals surface area contributed by atoms with Crippen molar-refractivity contribution in [1.82, 2.24) is 4.90 Å². The third-order valence-corrected chi connectivity index (χ3v) is 5.54. The Balaban J connectivity index is 1.62. The van der Waals surface area contributed by atoms with Crippen LogP contribution in [-0.2, 0) is 22.6 Å². The number of carbonyl (C=O) groups is 1. The van der Waals surface area contributed by atoms with Gasteiger partial charge in [0.15, 0.2) is 0 Å².